The highest BCUT2D eigenvalue weighted by Crippen LogP contribution is 2.15. The summed E-state index contributed by atoms with van der Waals surface area (Å²) in [4.78, 5) is 0. The zero-order chi connectivity index (χ0) is 14.8. The molecule has 1 rings (SSSR count). The van der Waals surface area contributed by atoms with Crippen molar-refractivity contribution in [3.63, 3.8) is 0 Å². The van der Waals surface area contributed by atoms with E-state index in [9.17, 15) is 0 Å². The second-order valence-corrected chi connectivity index (χ2v) is 7.06. The van der Waals surface area contributed by atoms with Crippen molar-refractivity contribution in [1.82, 2.24) is 0 Å². The zero-order valence-corrected chi connectivity index (χ0v) is 14.6. The summed E-state index contributed by atoms with van der Waals surface area (Å²) in [5.74, 6) is 0. The zero-order valence-electron chi connectivity index (χ0n) is 14.6. The Morgan fingerprint density at radius 1 is 0.238 bits per heavy atom. The van der Waals surface area contributed by atoms with E-state index in [1.165, 1.54) is 122 Å². The normalized spacial score (nSPS) is 24.8. The summed E-state index contributed by atoms with van der Waals surface area (Å²) in [6.07, 6.45) is 32.5. The molecule has 0 saturated heterocycles. The molecule has 0 aromatic carbocycles. The molecule has 0 saturated carbocycles. The van der Waals surface area contributed by atoms with Crippen LogP contribution >= 0.6 is 0 Å². The van der Waals surface area contributed by atoms with Crippen LogP contribution in [0.2, 0.25) is 0 Å². The van der Waals surface area contributed by atoms with Gasteiger partial charge in [-0.1, -0.05) is 108 Å². The first-order valence-electron chi connectivity index (χ1n) is 10.1. The van der Waals surface area contributed by atoms with Gasteiger partial charge in [-0.3, -0.25) is 0 Å². The standard InChI is InChI=1S/C21H40/c1-2-4-6-8-10-12-14-16-18-20-21-19-17-15-13-11-9-7-5-3-1/h1-2H,3-21H2/b2-1-. The van der Waals surface area contributed by atoms with E-state index in [1.54, 1.807) is 0 Å². The minimum Gasteiger partial charge on any atom is -0.0885 e. The predicted octanol–water partition coefficient (Wildman–Crippen LogP) is 7.97. The maximum Gasteiger partial charge on any atom is -0.0351 e. The van der Waals surface area contributed by atoms with Gasteiger partial charge in [0.1, 0.15) is 0 Å². The lowest BCUT2D eigenvalue weighted by Crippen LogP contribution is -1.83. The molecule has 0 unspecified atom stereocenters. The smallest absolute Gasteiger partial charge is 0.0351 e. The Hall–Kier alpha value is -0.260. The highest BCUT2D eigenvalue weighted by Gasteiger charge is 1.95. The molecular formula is C21H40. The molecule has 124 valence electrons. The van der Waals surface area contributed by atoms with Crippen molar-refractivity contribution < 1.29 is 0 Å². The maximum absolute atomic E-state index is 2.43. The van der Waals surface area contributed by atoms with Crippen LogP contribution in [0.4, 0.5) is 0 Å². The van der Waals surface area contributed by atoms with Crippen molar-refractivity contribution in [2.45, 2.75) is 122 Å². The summed E-state index contributed by atoms with van der Waals surface area (Å²) in [6.45, 7) is 0. The third-order valence-electron chi connectivity index (χ3n) is 4.91. The summed E-state index contributed by atoms with van der Waals surface area (Å²) < 4.78 is 0. The molecule has 0 bridgehead atoms. The summed E-state index contributed by atoms with van der Waals surface area (Å²) in [5.41, 5.74) is 0. The van der Waals surface area contributed by atoms with Gasteiger partial charge in [0.25, 0.3) is 0 Å². The van der Waals surface area contributed by atoms with Crippen molar-refractivity contribution in [3.05, 3.63) is 12.2 Å². The van der Waals surface area contributed by atoms with E-state index in [1.807, 2.05) is 0 Å². The predicted molar refractivity (Wildman–Crippen MR) is 96.9 cm³/mol. The van der Waals surface area contributed by atoms with Crippen LogP contribution in [0.1, 0.15) is 122 Å². The molecule has 0 aromatic heterocycles. The highest BCUT2D eigenvalue weighted by atomic mass is 14.0. The van der Waals surface area contributed by atoms with E-state index in [0.717, 1.165) is 0 Å². The van der Waals surface area contributed by atoms with E-state index >= 15 is 0 Å². The fourth-order valence-electron chi connectivity index (χ4n) is 3.41. The number of hydrogen-bond donors (Lipinski definition) is 0. The molecule has 0 radical (unpaired) electrons. The Kier molecular flexibility index (Phi) is 14.4. The fourth-order valence-corrected chi connectivity index (χ4v) is 3.41. The van der Waals surface area contributed by atoms with Crippen molar-refractivity contribution in [3.8, 4) is 0 Å². The van der Waals surface area contributed by atoms with Crippen LogP contribution in [0.25, 0.3) is 0 Å². The molecule has 1 aliphatic carbocycles. The van der Waals surface area contributed by atoms with Crippen LogP contribution in [0.3, 0.4) is 0 Å². The van der Waals surface area contributed by atoms with Crippen molar-refractivity contribution in [1.29, 1.82) is 0 Å². The molecule has 0 N–H and O–H groups in total. The lowest BCUT2D eigenvalue weighted by Gasteiger charge is -2.03. The first-order chi connectivity index (χ1) is 10.5. The third kappa shape index (κ3) is 14.4. The fraction of sp³-hybridized carbons (Fsp3) is 0.905. The first-order valence-corrected chi connectivity index (χ1v) is 10.1. The molecule has 0 heteroatoms. The van der Waals surface area contributed by atoms with Crippen LogP contribution in [-0.2, 0) is 0 Å². The number of rotatable bonds is 0. The van der Waals surface area contributed by atoms with Gasteiger partial charge in [0.05, 0.1) is 0 Å². The average molecular weight is 293 g/mol. The number of allylic oxidation sites excluding steroid dienone is 2. The minimum absolute atomic E-state index is 1.32. The molecule has 0 aromatic rings. The summed E-state index contributed by atoms with van der Waals surface area (Å²) in [7, 11) is 0. The molecule has 0 aliphatic heterocycles. The highest BCUT2D eigenvalue weighted by molar-refractivity contribution is 4.81. The van der Waals surface area contributed by atoms with Gasteiger partial charge in [0, 0.05) is 0 Å². The van der Waals surface area contributed by atoms with Gasteiger partial charge < -0.3 is 0 Å². The van der Waals surface area contributed by atoms with E-state index in [0.29, 0.717) is 0 Å². The second kappa shape index (κ2) is 16.1. The summed E-state index contributed by atoms with van der Waals surface area (Å²) in [6, 6.07) is 0. The van der Waals surface area contributed by atoms with E-state index in [4.69, 9.17) is 0 Å². The Bertz CT molecular complexity index is 194. The summed E-state index contributed by atoms with van der Waals surface area (Å²) in [5, 5.41) is 0. The van der Waals surface area contributed by atoms with Gasteiger partial charge in [0.15, 0.2) is 0 Å². The molecule has 0 atom stereocenters. The molecule has 21 heavy (non-hydrogen) atoms. The van der Waals surface area contributed by atoms with Crippen LogP contribution < -0.4 is 0 Å². The Balaban J connectivity index is 2.05. The van der Waals surface area contributed by atoms with Crippen LogP contribution in [0.5, 0.6) is 0 Å². The molecule has 0 spiro atoms. The molecule has 0 amide bonds. The van der Waals surface area contributed by atoms with E-state index in [2.05, 4.69) is 12.2 Å². The monoisotopic (exact) mass is 292 g/mol. The van der Waals surface area contributed by atoms with Crippen LogP contribution in [-0.4, -0.2) is 0 Å². The number of hydrogen-bond acceptors (Lipinski definition) is 0. The average Bonchev–Trinajstić information content (AvgIpc) is 2.50. The van der Waals surface area contributed by atoms with Gasteiger partial charge in [-0.2, -0.15) is 0 Å². The SMILES string of the molecule is C1=C\CCCCCCCCCCCCCCCCCCC/1. The Labute approximate surface area is 134 Å². The third-order valence-corrected chi connectivity index (χ3v) is 4.91. The van der Waals surface area contributed by atoms with Crippen LogP contribution in [0.15, 0.2) is 12.2 Å². The summed E-state index contributed by atoms with van der Waals surface area (Å²) >= 11 is 0. The Morgan fingerprint density at radius 2 is 0.429 bits per heavy atom. The largest absolute Gasteiger partial charge is 0.0885 e. The first kappa shape index (κ1) is 18.8. The van der Waals surface area contributed by atoms with Gasteiger partial charge in [0.2, 0.25) is 0 Å². The Morgan fingerprint density at radius 3 is 0.667 bits per heavy atom. The molecule has 0 fully saturated rings. The molecular weight excluding hydrogens is 252 g/mol. The van der Waals surface area contributed by atoms with Gasteiger partial charge in [-0.05, 0) is 25.7 Å². The molecule has 0 nitrogen and oxygen atoms in total. The minimum atomic E-state index is 1.32. The quantitative estimate of drug-likeness (QED) is 0.397. The lowest BCUT2D eigenvalue weighted by molar-refractivity contribution is 0.527. The van der Waals surface area contributed by atoms with Gasteiger partial charge >= 0.3 is 0 Å². The van der Waals surface area contributed by atoms with Crippen molar-refractivity contribution in [2.24, 2.45) is 0 Å². The topological polar surface area (TPSA) is 0 Å². The van der Waals surface area contributed by atoms with Crippen LogP contribution in [0, 0.1) is 0 Å². The van der Waals surface area contributed by atoms with Crippen molar-refractivity contribution in [2.75, 3.05) is 0 Å². The van der Waals surface area contributed by atoms with E-state index < -0.39 is 0 Å². The van der Waals surface area contributed by atoms with Gasteiger partial charge in [-0.15, -0.1) is 0 Å². The van der Waals surface area contributed by atoms with E-state index in [-0.39, 0.29) is 0 Å². The molecule has 0 heterocycles. The lowest BCUT2D eigenvalue weighted by atomic mass is 10.0. The van der Waals surface area contributed by atoms with Gasteiger partial charge in [-0.25, -0.2) is 0 Å². The van der Waals surface area contributed by atoms with Crippen molar-refractivity contribution >= 4 is 0 Å². The molecule has 1 aliphatic rings. The second-order valence-electron chi connectivity index (χ2n) is 7.06. The maximum atomic E-state index is 2.43.